The molecule has 0 aromatic carbocycles. The van der Waals surface area contributed by atoms with Crippen molar-refractivity contribution in [3.63, 3.8) is 0 Å². The molecule has 0 aromatic rings. The van der Waals surface area contributed by atoms with E-state index in [1.54, 1.807) is 0 Å². The van der Waals surface area contributed by atoms with Crippen LogP contribution in [0.3, 0.4) is 0 Å². The van der Waals surface area contributed by atoms with Crippen molar-refractivity contribution in [2.75, 3.05) is 65.7 Å². The molecule has 2 aliphatic rings. The van der Waals surface area contributed by atoms with Crippen LogP contribution in [0.25, 0.3) is 0 Å². The Hall–Kier alpha value is -2.05. The van der Waals surface area contributed by atoms with Crippen LogP contribution in [0.4, 0.5) is 0 Å². The number of nitrogens with zero attached hydrogens (tertiary/aromatic N) is 1. The molecule has 42 heavy (non-hydrogen) atoms. The monoisotopic (exact) mass is 621 g/mol. The molecule has 6 N–H and O–H groups in total. The van der Waals surface area contributed by atoms with Crippen molar-refractivity contribution in [3.05, 3.63) is 0 Å². The van der Waals surface area contributed by atoms with E-state index in [1.807, 2.05) is 0 Å². The van der Waals surface area contributed by atoms with Crippen LogP contribution in [0, 0.1) is 0 Å². The maximum absolute atomic E-state index is 12.6. The van der Waals surface area contributed by atoms with Gasteiger partial charge >= 0.3 is 0 Å². The number of carbonyl (C=O) groups excluding carboxylic acids is 4. The molecule has 2 aliphatic heterocycles. The maximum Gasteiger partial charge on any atom is 0.234 e. The minimum Gasteiger partial charge on any atom is -0.388 e. The van der Waals surface area contributed by atoms with Gasteiger partial charge in [-0.15, -0.1) is 0 Å². The largest absolute Gasteiger partial charge is 0.388 e. The summed E-state index contributed by atoms with van der Waals surface area (Å²) >= 11 is 3.70. The zero-order chi connectivity index (χ0) is 30.6. The van der Waals surface area contributed by atoms with Crippen molar-refractivity contribution >= 4 is 36.4 Å². The average Bonchev–Trinajstić information content (AvgIpc) is 2.96. The third kappa shape index (κ3) is 16.0. The number of thiol groups is 1. The van der Waals surface area contributed by atoms with Gasteiger partial charge in [-0.1, -0.05) is 19.2 Å². The molecule has 242 valence electrons. The Balaban J connectivity index is 1.73. The fourth-order valence-corrected chi connectivity index (χ4v) is 4.46. The van der Waals surface area contributed by atoms with Crippen LogP contribution < -0.4 is 20.7 Å². The number of ether oxygens (including phenoxy) is 4. The van der Waals surface area contributed by atoms with Gasteiger partial charge in [0, 0.05) is 39.3 Å². The molecule has 0 saturated carbocycles. The van der Waals surface area contributed by atoms with Crippen molar-refractivity contribution in [2.45, 2.75) is 76.2 Å². The first kappa shape index (κ1) is 36.1. The van der Waals surface area contributed by atoms with Crippen LogP contribution in [-0.2, 0) is 38.1 Å². The van der Waals surface area contributed by atoms with Gasteiger partial charge in [0.05, 0.1) is 32.8 Å². The van der Waals surface area contributed by atoms with Crippen LogP contribution in [0.15, 0.2) is 0 Å². The van der Waals surface area contributed by atoms with E-state index in [1.165, 1.54) is 4.90 Å². The van der Waals surface area contributed by atoms with Crippen molar-refractivity contribution in [3.8, 4) is 0 Å². The Bertz CT molecular complexity index is 782. The minimum atomic E-state index is -0.725. The van der Waals surface area contributed by atoms with Crippen LogP contribution in [0.1, 0.15) is 51.4 Å². The molecule has 2 rings (SSSR count). The molecule has 2 fully saturated rings. The van der Waals surface area contributed by atoms with E-state index in [4.69, 9.17) is 18.9 Å². The highest BCUT2D eigenvalue weighted by Crippen LogP contribution is 2.15. The second-order valence-electron chi connectivity index (χ2n) is 10.2. The molecule has 15 nitrogen and oxygen atoms in total. The Labute approximate surface area is 252 Å². The van der Waals surface area contributed by atoms with Crippen LogP contribution >= 0.6 is 12.8 Å². The van der Waals surface area contributed by atoms with Gasteiger partial charge in [-0.3, -0.25) is 24.1 Å². The average molecular weight is 622 g/mol. The van der Waals surface area contributed by atoms with E-state index in [0.29, 0.717) is 51.9 Å². The SMILES string of the molecule is O=C(CCCCCNC(=O)CN(CC(=O)NCCOC1OCCCC1O)CC(=O)NCCOC1OCCCC1O)NS. The molecule has 0 spiro atoms. The van der Waals surface area contributed by atoms with Gasteiger partial charge in [0.1, 0.15) is 12.2 Å². The second kappa shape index (κ2) is 21.6. The number of carbonyl (C=O) groups is 4. The zero-order valence-electron chi connectivity index (χ0n) is 24.1. The molecule has 4 atom stereocenters. The molecule has 2 heterocycles. The lowest BCUT2D eigenvalue weighted by molar-refractivity contribution is -0.213. The highest BCUT2D eigenvalue weighted by molar-refractivity contribution is 7.78. The number of rotatable bonds is 20. The molecule has 0 radical (unpaired) electrons. The molecule has 4 amide bonds. The number of hydrogen-bond acceptors (Lipinski definition) is 12. The lowest BCUT2D eigenvalue weighted by Gasteiger charge is -2.28. The van der Waals surface area contributed by atoms with E-state index >= 15 is 0 Å². The zero-order valence-corrected chi connectivity index (χ0v) is 25.0. The predicted molar refractivity (Wildman–Crippen MR) is 153 cm³/mol. The van der Waals surface area contributed by atoms with Gasteiger partial charge in [0.2, 0.25) is 23.6 Å². The summed E-state index contributed by atoms with van der Waals surface area (Å²) in [6.45, 7) is 1.39. The predicted octanol–water partition coefficient (Wildman–Crippen LogP) is -1.81. The van der Waals surface area contributed by atoms with Crippen molar-refractivity contribution in [1.29, 1.82) is 0 Å². The summed E-state index contributed by atoms with van der Waals surface area (Å²) in [6.07, 6.45) is 2.26. The Kier molecular flexibility index (Phi) is 18.6. The molecule has 2 saturated heterocycles. The summed E-state index contributed by atoms with van der Waals surface area (Å²) in [5.74, 6) is -1.31. The Morgan fingerprint density at radius 1 is 0.714 bits per heavy atom. The molecule has 0 aromatic heterocycles. The lowest BCUT2D eigenvalue weighted by Crippen LogP contribution is -2.48. The number of aliphatic hydroxyl groups is 2. The van der Waals surface area contributed by atoms with E-state index in [2.05, 4.69) is 33.5 Å². The molecular weight excluding hydrogens is 574 g/mol. The molecule has 0 aliphatic carbocycles. The second-order valence-corrected chi connectivity index (χ2v) is 10.4. The normalized spacial score (nSPS) is 22.4. The minimum absolute atomic E-state index is 0.128. The van der Waals surface area contributed by atoms with Gasteiger partial charge < -0.3 is 49.8 Å². The molecule has 4 unspecified atom stereocenters. The number of amides is 4. The fourth-order valence-electron chi connectivity index (χ4n) is 4.34. The van der Waals surface area contributed by atoms with Crippen molar-refractivity contribution < 1.29 is 48.3 Å². The summed E-state index contributed by atoms with van der Waals surface area (Å²) in [6, 6.07) is 0. The van der Waals surface area contributed by atoms with Gasteiger partial charge in [0.25, 0.3) is 0 Å². The van der Waals surface area contributed by atoms with E-state index < -0.39 is 36.6 Å². The summed E-state index contributed by atoms with van der Waals surface area (Å²) in [4.78, 5) is 50.3. The van der Waals surface area contributed by atoms with Crippen molar-refractivity contribution in [2.24, 2.45) is 0 Å². The van der Waals surface area contributed by atoms with E-state index in [-0.39, 0.29) is 57.8 Å². The number of unbranched alkanes of at least 4 members (excludes halogenated alkanes) is 2. The first-order valence-corrected chi connectivity index (χ1v) is 15.0. The third-order valence-corrected chi connectivity index (χ3v) is 6.77. The third-order valence-electron chi connectivity index (χ3n) is 6.52. The maximum atomic E-state index is 12.6. The standard InChI is InChI=1S/C26H47N5O10S/c32-19-6-4-12-38-25(19)40-14-10-28-23(36)17-31(16-22(35)27-9-3-1-2-8-21(34)30-42)18-24(37)29-11-15-41-26-20(33)7-5-13-39-26/h19-20,25-26,32-33,42H,1-18H2,(H,27,35)(H,28,36)(H,29,37)(H,30,34). The number of nitrogens with one attached hydrogen (secondary N) is 4. The van der Waals surface area contributed by atoms with E-state index in [0.717, 1.165) is 19.3 Å². The number of aliphatic hydroxyl groups excluding tert-OH is 2. The van der Waals surface area contributed by atoms with Gasteiger partial charge in [-0.25, -0.2) is 0 Å². The quantitative estimate of drug-likeness (QED) is 0.0598. The number of hydrogen-bond donors (Lipinski definition) is 7. The van der Waals surface area contributed by atoms with Crippen LogP contribution in [0.5, 0.6) is 0 Å². The van der Waals surface area contributed by atoms with E-state index in [9.17, 15) is 29.4 Å². The smallest absolute Gasteiger partial charge is 0.234 e. The topological polar surface area (TPSA) is 197 Å². The highest BCUT2D eigenvalue weighted by Gasteiger charge is 2.25. The lowest BCUT2D eigenvalue weighted by atomic mass is 10.1. The van der Waals surface area contributed by atoms with Crippen LogP contribution in [-0.4, -0.2) is 129 Å². The first-order valence-electron chi connectivity index (χ1n) is 14.6. The molecule has 0 bridgehead atoms. The van der Waals surface area contributed by atoms with Crippen molar-refractivity contribution in [1.82, 2.24) is 25.6 Å². The van der Waals surface area contributed by atoms with Gasteiger partial charge in [-0.05, 0) is 38.5 Å². The summed E-state index contributed by atoms with van der Waals surface area (Å²) in [5.41, 5.74) is 0. The Morgan fingerprint density at radius 2 is 1.19 bits per heavy atom. The summed E-state index contributed by atoms with van der Waals surface area (Å²) in [5, 5.41) is 27.9. The summed E-state index contributed by atoms with van der Waals surface area (Å²) in [7, 11) is 0. The summed E-state index contributed by atoms with van der Waals surface area (Å²) < 4.78 is 24.0. The molecular formula is C26H47N5O10S. The Morgan fingerprint density at radius 3 is 1.64 bits per heavy atom. The van der Waals surface area contributed by atoms with Gasteiger partial charge in [-0.2, -0.15) is 0 Å². The van der Waals surface area contributed by atoms with Crippen LogP contribution in [0.2, 0.25) is 0 Å². The van der Waals surface area contributed by atoms with Gasteiger partial charge in [0.15, 0.2) is 12.6 Å². The molecule has 16 heteroatoms. The first-order chi connectivity index (χ1) is 20.3. The fraction of sp³-hybridized carbons (Fsp3) is 0.846. The highest BCUT2D eigenvalue weighted by atomic mass is 32.1.